The Hall–Kier alpha value is 0.870. The molecule has 0 N–H and O–H groups in total. The lowest BCUT2D eigenvalue weighted by molar-refractivity contribution is 0.247. The average molecular weight is 228 g/mol. The van der Waals surface area contributed by atoms with Crippen LogP contribution in [0.25, 0.3) is 0 Å². The standard InChI is InChI=1S/C9H13Cl3/c10-9(11,12)8-5-1-3-7(8)4-2-6-8/h7H,1-6H2. The molecule has 0 aromatic rings. The van der Waals surface area contributed by atoms with Gasteiger partial charge in [0.2, 0.25) is 0 Å². The summed E-state index contributed by atoms with van der Waals surface area (Å²) >= 11 is 18.2. The van der Waals surface area contributed by atoms with Crippen molar-refractivity contribution in [2.45, 2.75) is 42.3 Å². The minimum atomic E-state index is -1.02. The number of hydrogen-bond donors (Lipinski definition) is 0. The highest BCUT2D eigenvalue weighted by atomic mass is 35.6. The first-order chi connectivity index (χ1) is 5.56. The van der Waals surface area contributed by atoms with Gasteiger partial charge in [-0.25, -0.2) is 0 Å². The van der Waals surface area contributed by atoms with Crippen molar-refractivity contribution >= 4 is 34.8 Å². The van der Waals surface area contributed by atoms with Crippen LogP contribution >= 0.6 is 34.8 Å². The summed E-state index contributed by atoms with van der Waals surface area (Å²) in [7, 11) is 0. The van der Waals surface area contributed by atoms with Gasteiger partial charge in [-0.05, 0) is 31.6 Å². The van der Waals surface area contributed by atoms with Crippen LogP contribution in [0.15, 0.2) is 0 Å². The molecule has 0 aliphatic heterocycles. The van der Waals surface area contributed by atoms with Crippen molar-refractivity contribution in [2.24, 2.45) is 11.3 Å². The number of hydrogen-bond acceptors (Lipinski definition) is 0. The molecule has 2 saturated carbocycles. The first kappa shape index (κ1) is 9.43. The average Bonchev–Trinajstić information content (AvgIpc) is 2.37. The molecule has 2 rings (SSSR count). The van der Waals surface area contributed by atoms with Crippen LogP contribution in [0.5, 0.6) is 0 Å². The van der Waals surface area contributed by atoms with Crippen molar-refractivity contribution in [3.8, 4) is 0 Å². The van der Waals surface area contributed by atoms with Crippen molar-refractivity contribution < 1.29 is 0 Å². The van der Waals surface area contributed by atoms with Crippen molar-refractivity contribution in [1.82, 2.24) is 0 Å². The van der Waals surface area contributed by atoms with E-state index < -0.39 is 3.79 Å². The van der Waals surface area contributed by atoms with Gasteiger partial charge in [-0.3, -0.25) is 0 Å². The van der Waals surface area contributed by atoms with E-state index in [1.165, 1.54) is 25.7 Å². The molecule has 3 heteroatoms. The number of rotatable bonds is 0. The van der Waals surface area contributed by atoms with Crippen LogP contribution in [0.3, 0.4) is 0 Å². The van der Waals surface area contributed by atoms with Gasteiger partial charge in [0.1, 0.15) is 0 Å². The lowest BCUT2D eigenvalue weighted by Crippen LogP contribution is -2.34. The highest BCUT2D eigenvalue weighted by molar-refractivity contribution is 6.68. The Morgan fingerprint density at radius 3 is 1.83 bits per heavy atom. The Bertz CT molecular complexity index is 173. The molecule has 0 amide bonds. The zero-order valence-corrected chi connectivity index (χ0v) is 9.22. The molecule has 0 aromatic carbocycles. The highest BCUT2D eigenvalue weighted by Gasteiger charge is 2.57. The zero-order chi connectivity index (χ0) is 8.82. The Balaban J connectivity index is 2.28. The van der Waals surface area contributed by atoms with E-state index in [1.54, 1.807) is 0 Å². The van der Waals surface area contributed by atoms with Crippen LogP contribution in [0.4, 0.5) is 0 Å². The molecule has 2 fully saturated rings. The first-order valence-electron chi connectivity index (χ1n) is 4.63. The molecule has 0 atom stereocenters. The highest BCUT2D eigenvalue weighted by Crippen LogP contribution is 2.64. The Morgan fingerprint density at radius 1 is 1.00 bits per heavy atom. The monoisotopic (exact) mass is 226 g/mol. The summed E-state index contributed by atoms with van der Waals surface area (Å²) in [6.07, 6.45) is 7.28. The molecule has 2 aliphatic carbocycles. The molecule has 12 heavy (non-hydrogen) atoms. The molecule has 2 aliphatic rings. The molecule has 0 heterocycles. The normalized spacial score (nSPS) is 41.8. The Kier molecular flexibility index (Phi) is 2.30. The predicted octanol–water partition coefficient (Wildman–Crippen LogP) is 4.33. The topological polar surface area (TPSA) is 0 Å². The number of fused-ring (bicyclic) bond motifs is 1. The molecular weight excluding hydrogens is 214 g/mol. The van der Waals surface area contributed by atoms with Crippen LogP contribution in [-0.4, -0.2) is 3.79 Å². The minimum absolute atomic E-state index is 0.0394. The lowest BCUT2D eigenvalue weighted by Gasteiger charge is -2.36. The quantitative estimate of drug-likeness (QED) is 0.541. The van der Waals surface area contributed by atoms with Crippen molar-refractivity contribution in [3.05, 3.63) is 0 Å². The van der Waals surface area contributed by atoms with E-state index in [0.29, 0.717) is 5.92 Å². The molecular formula is C9H13Cl3. The summed E-state index contributed by atoms with van der Waals surface area (Å²) in [5, 5.41) is 0. The van der Waals surface area contributed by atoms with Gasteiger partial charge in [0.05, 0.1) is 0 Å². The maximum atomic E-state index is 6.06. The van der Waals surface area contributed by atoms with Crippen LogP contribution in [0.2, 0.25) is 0 Å². The van der Waals surface area contributed by atoms with Gasteiger partial charge in [-0.2, -0.15) is 0 Å². The van der Waals surface area contributed by atoms with Gasteiger partial charge >= 0.3 is 0 Å². The van der Waals surface area contributed by atoms with E-state index in [-0.39, 0.29) is 5.41 Å². The SMILES string of the molecule is ClC(Cl)(Cl)C12CCCC1CCC2. The summed E-state index contributed by atoms with van der Waals surface area (Å²) in [6.45, 7) is 0. The lowest BCUT2D eigenvalue weighted by atomic mass is 9.82. The molecule has 70 valence electrons. The second-order valence-electron chi connectivity index (χ2n) is 4.14. The summed E-state index contributed by atoms with van der Waals surface area (Å²) in [4.78, 5) is 0. The maximum absolute atomic E-state index is 6.06. The largest absolute Gasteiger partial charge is 0.196 e. The molecule has 0 saturated heterocycles. The van der Waals surface area contributed by atoms with E-state index in [4.69, 9.17) is 34.8 Å². The van der Waals surface area contributed by atoms with Crippen LogP contribution in [-0.2, 0) is 0 Å². The zero-order valence-electron chi connectivity index (χ0n) is 6.95. The second-order valence-corrected chi connectivity index (χ2v) is 6.42. The van der Waals surface area contributed by atoms with E-state index in [2.05, 4.69) is 0 Å². The van der Waals surface area contributed by atoms with Crippen molar-refractivity contribution in [1.29, 1.82) is 0 Å². The molecule has 0 aromatic heterocycles. The fourth-order valence-corrected chi connectivity index (χ4v) is 4.10. The van der Waals surface area contributed by atoms with Crippen molar-refractivity contribution in [3.63, 3.8) is 0 Å². The molecule has 0 unspecified atom stereocenters. The van der Waals surface area contributed by atoms with Crippen molar-refractivity contribution in [2.75, 3.05) is 0 Å². The van der Waals surface area contributed by atoms with E-state index in [9.17, 15) is 0 Å². The van der Waals surface area contributed by atoms with Gasteiger partial charge in [-0.1, -0.05) is 47.6 Å². The fraction of sp³-hybridized carbons (Fsp3) is 1.00. The predicted molar refractivity (Wildman–Crippen MR) is 53.9 cm³/mol. The third kappa shape index (κ3) is 1.19. The van der Waals surface area contributed by atoms with Gasteiger partial charge in [0, 0.05) is 5.41 Å². The summed E-state index contributed by atoms with van der Waals surface area (Å²) in [5.41, 5.74) is 0.0394. The summed E-state index contributed by atoms with van der Waals surface area (Å²) < 4.78 is -1.02. The third-order valence-corrected chi connectivity index (χ3v) is 4.83. The van der Waals surface area contributed by atoms with Gasteiger partial charge < -0.3 is 0 Å². The Morgan fingerprint density at radius 2 is 1.50 bits per heavy atom. The summed E-state index contributed by atoms with van der Waals surface area (Å²) in [6, 6.07) is 0. The van der Waals surface area contributed by atoms with Crippen LogP contribution < -0.4 is 0 Å². The summed E-state index contributed by atoms with van der Waals surface area (Å²) in [5.74, 6) is 0.685. The molecule has 0 spiro atoms. The van der Waals surface area contributed by atoms with Gasteiger partial charge in [-0.15, -0.1) is 0 Å². The van der Waals surface area contributed by atoms with E-state index >= 15 is 0 Å². The fourth-order valence-electron chi connectivity index (χ4n) is 3.07. The number of halogens is 3. The smallest absolute Gasteiger partial charge is 0.0830 e. The van der Waals surface area contributed by atoms with Crippen LogP contribution in [0, 0.1) is 11.3 Å². The number of alkyl halides is 3. The van der Waals surface area contributed by atoms with Gasteiger partial charge in [0.15, 0.2) is 3.79 Å². The third-order valence-electron chi connectivity index (χ3n) is 3.70. The molecule has 0 radical (unpaired) electrons. The van der Waals surface area contributed by atoms with Crippen LogP contribution in [0.1, 0.15) is 38.5 Å². The Labute approximate surface area is 88.6 Å². The molecule has 0 bridgehead atoms. The van der Waals surface area contributed by atoms with Gasteiger partial charge in [0.25, 0.3) is 0 Å². The first-order valence-corrected chi connectivity index (χ1v) is 5.76. The minimum Gasteiger partial charge on any atom is -0.0830 e. The second kappa shape index (κ2) is 2.93. The maximum Gasteiger partial charge on any atom is 0.196 e. The van der Waals surface area contributed by atoms with E-state index in [0.717, 1.165) is 12.8 Å². The molecule has 0 nitrogen and oxygen atoms in total. The van der Waals surface area contributed by atoms with E-state index in [1.807, 2.05) is 0 Å².